The first-order chi connectivity index (χ1) is 3.68. The highest BCUT2D eigenvalue weighted by molar-refractivity contribution is 5.72. The summed E-state index contributed by atoms with van der Waals surface area (Å²) in [5, 5.41) is 8.21. The van der Waals surface area contributed by atoms with E-state index in [9.17, 15) is 4.79 Å². The molecule has 0 unspecified atom stereocenters. The molecule has 0 aliphatic rings. The largest absolute Gasteiger partial charge is 0.480 e. The van der Waals surface area contributed by atoms with E-state index >= 15 is 0 Å². The molecular formula is C6H8O2. The molecule has 0 radical (unpaired) electrons. The molecule has 0 fully saturated rings. The van der Waals surface area contributed by atoms with Gasteiger partial charge in [0.05, 0.1) is 0 Å². The van der Waals surface area contributed by atoms with E-state index in [4.69, 9.17) is 5.11 Å². The summed E-state index contributed by atoms with van der Waals surface area (Å²) in [7, 11) is 0. The van der Waals surface area contributed by atoms with Crippen molar-refractivity contribution in [3.05, 3.63) is 0 Å². The van der Waals surface area contributed by atoms with Crippen LogP contribution in [0.15, 0.2) is 0 Å². The maximum Gasteiger partial charge on any atom is 0.318 e. The maximum absolute atomic E-state index is 9.99. The first-order valence-electron chi connectivity index (χ1n) is 2.33. The molecule has 2 nitrogen and oxygen atoms in total. The zero-order valence-corrected chi connectivity index (χ0v) is 4.93. The van der Waals surface area contributed by atoms with Gasteiger partial charge in [-0.15, -0.1) is 5.92 Å². The molecule has 0 aromatic rings. The number of hydrogen-bond donors (Lipinski definition) is 1. The summed E-state index contributed by atoms with van der Waals surface area (Å²) in [4.78, 5) is 9.99. The van der Waals surface area contributed by atoms with Crippen molar-refractivity contribution in [3.8, 4) is 11.8 Å². The van der Waals surface area contributed by atoms with Crippen molar-refractivity contribution in [2.45, 2.75) is 13.8 Å². The topological polar surface area (TPSA) is 37.3 Å². The van der Waals surface area contributed by atoms with Crippen LogP contribution in [0.5, 0.6) is 0 Å². The van der Waals surface area contributed by atoms with Gasteiger partial charge in [-0.1, -0.05) is 5.92 Å². The Balaban J connectivity index is 3.77. The molecular weight excluding hydrogens is 104 g/mol. The first kappa shape index (κ1) is 7.03. The summed E-state index contributed by atoms with van der Waals surface area (Å²) in [5.74, 6) is 3.62. The fourth-order valence-electron chi connectivity index (χ4n) is 0.278. The van der Waals surface area contributed by atoms with E-state index in [1.165, 1.54) is 0 Å². The van der Waals surface area contributed by atoms with E-state index in [-0.39, 0.29) is 0 Å². The van der Waals surface area contributed by atoms with Crippen LogP contribution < -0.4 is 0 Å². The van der Waals surface area contributed by atoms with Gasteiger partial charge in [0.2, 0.25) is 0 Å². The Hall–Kier alpha value is -0.970. The lowest BCUT2D eigenvalue weighted by atomic mass is 10.2. The summed E-state index contributed by atoms with van der Waals surface area (Å²) in [6, 6.07) is 0. The van der Waals surface area contributed by atoms with Crippen molar-refractivity contribution in [3.63, 3.8) is 0 Å². The number of carboxylic acids is 1. The zero-order valence-electron chi connectivity index (χ0n) is 4.93. The minimum Gasteiger partial charge on any atom is -0.480 e. The quantitative estimate of drug-likeness (QED) is 0.508. The normalized spacial score (nSPS) is 11.2. The minimum atomic E-state index is -0.862. The Morgan fingerprint density at radius 1 is 1.75 bits per heavy atom. The van der Waals surface area contributed by atoms with E-state index in [1.54, 1.807) is 13.8 Å². The van der Waals surface area contributed by atoms with Gasteiger partial charge in [-0.25, -0.2) is 0 Å². The van der Waals surface area contributed by atoms with Gasteiger partial charge in [-0.05, 0) is 13.8 Å². The molecule has 8 heavy (non-hydrogen) atoms. The van der Waals surface area contributed by atoms with Crippen molar-refractivity contribution < 1.29 is 9.90 Å². The van der Waals surface area contributed by atoms with Crippen molar-refractivity contribution in [1.29, 1.82) is 0 Å². The van der Waals surface area contributed by atoms with Crippen molar-refractivity contribution in [2.75, 3.05) is 0 Å². The Kier molecular flexibility index (Phi) is 2.71. The van der Waals surface area contributed by atoms with Crippen LogP contribution in [-0.4, -0.2) is 11.1 Å². The molecule has 0 amide bonds. The maximum atomic E-state index is 9.99. The Morgan fingerprint density at radius 3 is 2.38 bits per heavy atom. The third kappa shape index (κ3) is 2.25. The molecule has 0 bridgehead atoms. The van der Waals surface area contributed by atoms with Gasteiger partial charge in [0.15, 0.2) is 0 Å². The Morgan fingerprint density at radius 2 is 2.25 bits per heavy atom. The van der Waals surface area contributed by atoms with Crippen LogP contribution in [0.3, 0.4) is 0 Å². The molecule has 0 aliphatic heterocycles. The molecule has 0 rings (SSSR count). The number of carboxylic acid groups (broad SMARTS) is 1. The molecule has 2 heteroatoms. The van der Waals surface area contributed by atoms with E-state index in [0.717, 1.165) is 0 Å². The molecule has 0 aliphatic carbocycles. The third-order valence-corrected chi connectivity index (χ3v) is 0.731. The molecule has 1 N–H and O–H groups in total. The zero-order chi connectivity index (χ0) is 6.57. The van der Waals surface area contributed by atoms with Gasteiger partial charge in [0, 0.05) is 0 Å². The van der Waals surface area contributed by atoms with Crippen LogP contribution in [0.2, 0.25) is 0 Å². The van der Waals surface area contributed by atoms with Crippen LogP contribution in [0.1, 0.15) is 13.8 Å². The molecule has 0 heterocycles. The van der Waals surface area contributed by atoms with Crippen molar-refractivity contribution in [1.82, 2.24) is 0 Å². The van der Waals surface area contributed by atoms with Crippen molar-refractivity contribution >= 4 is 5.97 Å². The van der Waals surface area contributed by atoms with Gasteiger partial charge in [0.1, 0.15) is 5.92 Å². The summed E-state index contributed by atoms with van der Waals surface area (Å²) in [6.07, 6.45) is 0. The number of rotatable bonds is 1. The average molecular weight is 112 g/mol. The third-order valence-electron chi connectivity index (χ3n) is 0.731. The van der Waals surface area contributed by atoms with Crippen molar-refractivity contribution in [2.24, 2.45) is 5.92 Å². The van der Waals surface area contributed by atoms with Gasteiger partial charge in [-0.3, -0.25) is 4.79 Å². The molecule has 0 saturated carbocycles. The second kappa shape index (κ2) is 3.09. The van der Waals surface area contributed by atoms with Gasteiger partial charge in [0.25, 0.3) is 0 Å². The predicted octanol–water partition coefficient (Wildman–Crippen LogP) is 0.730. The van der Waals surface area contributed by atoms with Crippen LogP contribution >= 0.6 is 0 Å². The SMILES string of the molecule is CC#C[C@H](C)C(=O)O. The summed E-state index contributed by atoms with van der Waals surface area (Å²) >= 11 is 0. The lowest BCUT2D eigenvalue weighted by Crippen LogP contribution is -2.05. The van der Waals surface area contributed by atoms with Crippen LogP contribution in [-0.2, 0) is 4.79 Å². The molecule has 0 aromatic carbocycles. The molecule has 0 saturated heterocycles. The number of carbonyl (C=O) groups is 1. The Labute approximate surface area is 48.5 Å². The number of hydrogen-bond acceptors (Lipinski definition) is 1. The highest BCUT2D eigenvalue weighted by Gasteiger charge is 2.03. The highest BCUT2D eigenvalue weighted by atomic mass is 16.4. The fourth-order valence-corrected chi connectivity index (χ4v) is 0.278. The molecule has 44 valence electrons. The summed E-state index contributed by atoms with van der Waals surface area (Å²) < 4.78 is 0. The lowest BCUT2D eigenvalue weighted by Gasteiger charge is -1.90. The van der Waals surface area contributed by atoms with E-state index in [2.05, 4.69) is 11.8 Å². The fraction of sp³-hybridized carbons (Fsp3) is 0.500. The lowest BCUT2D eigenvalue weighted by molar-refractivity contribution is -0.139. The first-order valence-corrected chi connectivity index (χ1v) is 2.33. The van der Waals surface area contributed by atoms with Gasteiger partial charge < -0.3 is 5.11 Å². The van der Waals surface area contributed by atoms with Crippen LogP contribution in [0, 0.1) is 17.8 Å². The highest BCUT2D eigenvalue weighted by Crippen LogP contribution is 1.88. The summed E-state index contributed by atoms with van der Waals surface area (Å²) in [5.41, 5.74) is 0. The van der Waals surface area contributed by atoms with E-state index in [0.29, 0.717) is 0 Å². The molecule has 0 spiro atoms. The van der Waals surface area contributed by atoms with E-state index < -0.39 is 11.9 Å². The minimum absolute atomic E-state index is 0.528. The molecule has 1 atom stereocenters. The Bertz CT molecular complexity index is 138. The number of aliphatic carboxylic acids is 1. The standard InChI is InChI=1S/C6H8O2/c1-3-4-5(2)6(7)8/h5H,1-2H3,(H,7,8)/t5-/m0/s1. The van der Waals surface area contributed by atoms with Gasteiger partial charge in [-0.2, -0.15) is 0 Å². The summed E-state index contributed by atoms with van der Waals surface area (Å²) in [6.45, 7) is 3.18. The van der Waals surface area contributed by atoms with E-state index in [1.807, 2.05) is 0 Å². The van der Waals surface area contributed by atoms with Crippen LogP contribution in [0.4, 0.5) is 0 Å². The molecule has 0 aromatic heterocycles. The predicted molar refractivity (Wildman–Crippen MR) is 30.2 cm³/mol. The second-order valence-corrected chi connectivity index (χ2v) is 1.45. The second-order valence-electron chi connectivity index (χ2n) is 1.45. The van der Waals surface area contributed by atoms with Crippen LogP contribution in [0.25, 0.3) is 0 Å². The average Bonchev–Trinajstić information content (AvgIpc) is 1.67. The monoisotopic (exact) mass is 112 g/mol. The smallest absolute Gasteiger partial charge is 0.318 e. The van der Waals surface area contributed by atoms with Gasteiger partial charge >= 0.3 is 5.97 Å².